The van der Waals surface area contributed by atoms with Gasteiger partial charge in [-0.1, -0.05) is 0 Å². The summed E-state index contributed by atoms with van der Waals surface area (Å²) in [5.41, 5.74) is 0.0530. The Bertz CT molecular complexity index is 483. The summed E-state index contributed by atoms with van der Waals surface area (Å²) < 4.78 is 17.5. The zero-order valence-corrected chi connectivity index (χ0v) is 9.63. The van der Waals surface area contributed by atoms with Gasteiger partial charge in [0.2, 0.25) is 0 Å². The monoisotopic (exact) mass is 253 g/mol. The second-order valence-electron chi connectivity index (χ2n) is 3.68. The maximum absolute atomic E-state index is 13.1. The van der Waals surface area contributed by atoms with Gasteiger partial charge in [0.1, 0.15) is 11.9 Å². The molecule has 0 fully saturated rings. The lowest BCUT2D eigenvalue weighted by Gasteiger charge is -2.17. The number of nitriles is 1. The molecule has 0 aliphatic rings. The summed E-state index contributed by atoms with van der Waals surface area (Å²) in [5.74, 6) is -1.40. The van der Waals surface area contributed by atoms with E-state index in [2.05, 4.69) is 4.74 Å². The molecule has 2 atom stereocenters. The maximum Gasteiger partial charge on any atom is 0.308 e. The standard InChI is InChI=1S/C12H12FNO4/c1-18-11(16)5-10(15)12(17)8-2-7(6-14)3-9(13)4-8/h2-4,10,12,15,17H,5H2,1H3. The third-order valence-electron chi connectivity index (χ3n) is 2.36. The zero-order chi connectivity index (χ0) is 13.7. The van der Waals surface area contributed by atoms with Crippen molar-refractivity contribution in [2.45, 2.75) is 18.6 Å². The number of rotatable bonds is 4. The number of benzene rings is 1. The fraction of sp³-hybridized carbons (Fsp3) is 0.333. The van der Waals surface area contributed by atoms with Crippen molar-refractivity contribution in [2.24, 2.45) is 0 Å². The van der Waals surface area contributed by atoms with Crippen LogP contribution in [0.25, 0.3) is 0 Å². The third-order valence-corrected chi connectivity index (χ3v) is 2.36. The van der Waals surface area contributed by atoms with Crippen LogP contribution in [0, 0.1) is 17.1 Å². The number of esters is 1. The minimum Gasteiger partial charge on any atom is -0.469 e. The van der Waals surface area contributed by atoms with E-state index < -0.39 is 30.4 Å². The Kier molecular flexibility index (Phi) is 4.77. The van der Waals surface area contributed by atoms with Gasteiger partial charge >= 0.3 is 5.97 Å². The van der Waals surface area contributed by atoms with Gasteiger partial charge in [0.25, 0.3) is 0 Å². The lowest BCUT2D eigenvalue weighted by atomic mass is 10.00. The third kappa shape index (κ3) is 3.52. The van der Waals surface area contributed by atoms with Crippen molar-refractivity contribution in [3.63, 3.8) is 0 Å². The molecule has 2 unspecified atom stereocenters. The summed E-state index contributed by atoms with van der Waals surface area (Å²) in [6.07, 6.45) is -3.31. The quantitative estimate of drug-likeness (QED) is 0.769. The first kappa shape index (κ1) is 14.1. The molecule has 0 saturated heterocycles. The number of methoxy groups -OCH3 is 1. The minimum atomic E-state index is -1.47. The van der Waals surface area contributed by atoms with E-state index in [1.165, 1.54) is 6.07 Å². The van der Waals surface area contributed by atoms with Gasteiger partial charge in [0, 0.05) is 0 Å². The lowest BCUT2D eigenvalue weighted by Crippen LogP contribution is -2.22. The van der Waals surface area contributed by atoms with Crippen LogP contribution in [0.3, 0.4) is 0 Å². The summed E-state index contributed by atoms with van der Waals surface area (Å²) in [5, 5.41) is 28.0. The Morgan fingerprint density at radius 1 is 1.50 bits per heavy atom. The second kappa shape index (κ2) is 6.10. The Balaban J connectivity index is 2.89. The minimum absolute atomic E-state index is 0.0225. The number of hydrogen-bond donors (Lipinski definition) is 2. The highest BCUT2D eigenvalue weighted by Crippen LogP contribution is 2.21. The summed E-state index contributed by atoms with van der Waals surface area (Å²) in [6.45, 7) is 0. The van der Waals surface area contributed by atoms with Crippen LogP contribution in [-0.2, 0) is 9.53 Å². The summed E-state index contributed by atoms with van der Waals surface area (Å²) >= 11 is 0. The first-order valence-corrected chi connectivity index (χ1v) is 5.11. The fourth-order valence-electron chi connectivity index (χ4n) is 1.44. The summed E-state index contributed by atoms with van der Waals surface area (Å²) in [6, 6.07) is 4.97. The van der Waals surface area contributed by atoms with Crippen LogP contribution in [-0.4, -0.2) is 29.4 Å². The van der Waals surface area contributed by atoms with Gasteiger partial charge in [-0.15, -0.1) is 0 Å². The van der Waals surface area contributed by atoms with Crippen LogP contribution in [0.2, 0.25) is 0 Å². The van der Waals surface area contributed by atoms with Gasteiger partial charge < -0.3 is 14.9 Å². The van der Waals surface area contributed by atoms with Crippen molar-refractivity contribution in [2.75, 3.05) is 7.11 Å². The Labute approximate surface area is 103 Å². The van der Waals surface area contributed by atoms with Gasteiger partial charge in [-0.05, 0) is 23.8 Å². The molecule has 96 valence electrons. The molecule has 18 heavy (non-hydrogen) atoms. The molecule has 0 amide bonds. The van der Waals surface area contributed by atoms with E-state index in [1.54, 1.807) is 6.07 Å². The molecule has 1 rings (SSSR count). The first-order chi connectivity index (χ1) is 8.47. The molecule has 2 N–H and O–H groups in total. The number of nitrogens with zero attached hydrogens (tertiary/aromatic N) is 1. The number of hydrogen-bond acceptors (Lipinski definition) is 5. The van der Waals surface area contributed by atoms with Crippen molar-refractivity contribution in [1.29, 1.82) is 5.26 Å². The number of halogens is 1. The number of carbonyl (C=O) groups is 1. The molecule has 0 radical (unpaired) electrons. The van der Waals surface area contributed by atoms with E-state index in [-0.39, 0.29) is 11.1 Å². The van der Waals surface area contributed by atoms with Crippen LogP contribution in [0.15, 0.2) is 18.2 Å². The number of carbonyl (C=O) groups excluding carboxylic acids is 1. The molecule has 0 aromatic heterocycles. The molecule has 1 aromatic carbocycles. The van der Waals surface area contributed by atoms with E-state index in [9.17, 15) is 19.4 Å². The Morgan fingerprint density at radius 3 is 2.72 bits per heavy atom. The highest BCUT2D eigenvalue weighted by molar-refractivity contribution is 5.69. The smallest absolute Gasteiger partial charge is 0.308 e. The average molecular weight is 253 g/mol. The number of aliphatic hydroxyl groups is 2. The van der Waals surface area contributed by atoms with Crippen molar-refractivity contribution in [3.8, 4) is 6.07 Å². The maximum atomic E-state index is 13.1. The summed E-state index contributed by atoms with van der Waals surface area (Å²) in [7, 11) is 1.15. The topological polar surface area (TPSA) is 90.6 Å². The molecular weight excluding hydrogens is 241 g/mol. The van der Waals surface area contributed by atoms with Crippen LogP contribution >= 0.6 is 0 Å². The zero-order valence-electron chi connectivity index (χ0n) is 9.63. The highest BCUT2D eigenvalue weighted by atomic mass is 19.1. The van der Waals surface area contributed by atoms with Crippen LogP contribution in [0.5, 0.6) is 0 Å². The van der Waals surface area contributed by atoms with Crippen molar-refractivity contribution >= 4 is 5.97 Å². The molecule has 0 spiro atoms. The Morgan fingerprint density at radius 2 is 2.17 bits per heavy atom. The average Bonchev–Trinajstić information content (AvgIpc) is 2.36. The normalized spacial score (nSPS) is 13.5. The summed E-state index contributed by atoms with van der Waals surface area (Å²) in [4.78, 5) is 10.9. The molecule has 0 bridgehead atoms. The van der Waals surface area contributed by atoms with E-state index >= 15 is 0 Å². The van der Waals surface area contributed by atoms with Gasteiger partial charge in [0.15, 0.2) is 0 Å². The molecular formula is C12H12FNO4. The largest absolute Gasteiger partial charge is 0.469 e. The molecule has 0 aliphatic heterocycles. The molecule has 1 aromatic rings. The lowest BCUT2D eigenvalue weighted by molar-refractivity contribution is -0.144. The van der Waals surface area contributed by atoms with E-state index in [0.29, 0.717) is 0 Å². The van der Waals surface area contributed by atoms with Crippen molar-refractivity contribution in [3.05, 3.63) is 35.1 Å². The van der Waals surface area contributed by atoms with E-state index in [0.717, 1.165) is 19.2 Å². The fourth-order valence-corrected chi connectivity index (χ4v) is 1.44. The first-order valence-electron chi connectivity index (χ1n) is 5.11. The predicted octanol–water partition coefficient (Wildman–Crippen LogP) is 0.655. The molecule has 6 heteroatoms. The second-order valence-corrected chi connectivity index (χ2v) is 3.68. The predicted molar refractivity (Wildman–Crippen MR) is 58.7 cm³/mol. The highest BCUT2D eigenvalue weighted by Gasteiger charge is 2.22. The van der Waals surface area contributed by atoms with E-state index in [4.69, 9.17) is 5.26 Å². The SMILES string of the molecule is COC(=O)CC(O)C(O)c1cc(F)cc(C#N)c1. The van der Waals surface area contributed by atoms with Gasteiger partial charge in [-0.25, -0.2) is 4.39 Å². The van der Waals surface area contributed by atoms with Gasteiger partial charge in [-0.2, -0.15) is 5.26 Å². The Hall–Kier alpha value is -1.97. The molecule has 0 heterocycles. The van der Waals surface area contributed by atoms with Crippen molar-refractivity contribution in [1.82, 2.24) is 0 Å². The van der Waals surface area contributed by atoms with Gasteiger partial charge in [0.05, 0.1) is 31.3 Å². The van der Waals surface area contributed by atoms with Gasteiger partial charge in [-0.3, -0.25) is 4.79 Å². The number of ether oxygens (including phenoxy) is 1. The van der Waals surface area contributed by atoms with Crippen LogP contribution in [0.4, 0.5) is 4.39 Å². The van der Waals surface area contributed by atoms with Crippen molar-refractivity contribution < 1.29 is 24.1 Å². The molecule has 0 saturated carbocycles. The van der Waals surface area contributed by atoms with Crippen LogP contribution < -0.4 is 0 Å². The van der Waals surface area contributed by atoms with E-state index in [1.807, 2.05) is 0 Å². The van der Waals surface area contributed by atoms with Crippen LogP contribution in [0.1, 0.15) is 23.7 Å². The number of aliphatic hydroxyl groups excluding tert-OH is 2. The molecule has 0 aliphatic carbocycles. The molecule has 5 nitrogen and oxygen atoms in total.